The molecule has 0 radical (unpaired) electrons. The number of amides is 1. The quantitative estimate of drug-likeness (QED) is 0.770. The van der Waals surface area contributed by atoms with Gasteiger partial charge in [0.15, 0.2) is 0 Å². The Balaban J connectivity index is 0.00000312. The molecule has 1 amide bonds. The Morgan fingerprint density at radius 1 is 1.36 bits per heavy atom. The minimum Gasteiger partial charge on any atom is -0.497 e. The lowest BCUT2D eigenvalue weighted by molar-refractivity contribution is -0.131. The van der Waals surface area contributed by atoms with Gasteiger partial charge in [0, 0.05) is 17.5 Å². The highest BCUT2D eigenvalue weighted by Crippen LogP contribution is 2.33. The molecule has 1 heterocycles. The molecular weight excluding hydrogens is 340 g/mol. The maximum absolute atomic E-state index is 12.7. The Kier molecular flexibility index (Phi) is 7.32. The van der Waals surface area contributed by atoms with Crippen LogP contribution in [0.5, 0.6) is 5.75 Å². The lowest BCUT2D eigenvalue weighted by atomic mass is 9.81. The van der Waals surface area contributed by atoms with Gasteiger partial charge in [-0.15, -0.1) is 12.4 Å². The van der Waals surface area contributed by atoms with Crippen molar-refractivity contribution in [1.29, 1.82) is 0 Å². The number of aryl methyl sites for hydroxylation is 1. The summed E-state index contributed by atoms with van der Waals surface area (Å²) < 4.78 is 11.2. The fourth-order valence-electron chi connectivity index (χ4n) is 3.13. The molecule has 0 bridgehead atoms. The average molecular weight is 369 g/mol. The lowest BCUT2D eigenvalue weighted by Crippen LogP contribution is -2.46. The van der Waals surface area contributed by atoms with Crippen LogP contribution in [0.25, 0.3) is 11.0 Å². The largest absolute Gasteiger partial charge is 0.497 e. The predicted octanol–water partition coefficient (Wildman–Crippen LogP) is 4.11. The van der Waals surface area contributed by atoms with Crippen molar-refractivity contribution in [2.24, 2.45) is 11.1 Å². The number of carbonyl (C=O) groups excluding carboxylic acids is 1. The van der Waals surface area contributed by atoms with Crippen LogP contribution in [0, 0.1) is 12.3 Å². The van der Waals surface area contributed by atoms with Crippen LogP contribution >= 0.6 is 12.4 Å². The SMILES string of the molecule is CCC(CC)(CN)C(=O)NC(C)c1oc2ccc(OC)cc2c1C.Cl. The van der Waals surface area contributed by atoms with Crippen molar-refractivity contribution in [3.8, 4) is 5.75 Å². The number of ether oxygens (including phenoxy) is 1. The number of nitrogens with two attached hydrogens (primary N) is 1. The lowest BCUT2D eigenvalue weighted by Gasteiger charge is -2.30. The van der Waals surface area contributed by atoms with Gasteiger partial charge in [-0.25, -0.2) is 0 Å². The molecule has 1 aromatic heterocycles. The molecule has 0 fully saturated rings. The third-order valence-electron chi connectivity index (χ3n) is 5.15. The van der Waals surface area contributed by atoms with E-state index < -0.39 is 5.41 Å². The summed E-state index contributed by atoms with van der Waals surface area (Å²) in [5.41, 5.74) is 7.16. The van der Waals surface area contributed by atoms with Gasteiger partial charge in [-0.1, -0.05) is 13.8 Å². The summed E-state index contributed by atoms with van der Waals surface area (Å²) in [6.45, 7) is 8.28. The standard InChI is InChI=1S/C19H28N2O3.ClH/c1-6-19(7-2,11-20)18(22)21-13(4)17-12(3)15-10-14(23-5)8-9-16(15)24-17;/h8-10,13H,6-7,11,20H2,1-5H3,(H,21,22);1H. The fourth-order valence-corrected chi connectivity index (χ4v) is 3.13. The van der Waals surface area contributed by atoms with Gasteiger partial charge in [-0.3, -0.25) is 4.79 Å². The summed E-state index contributed by atoms with van der Waals surface area (Å²) in [5.74, 6) is 1.54. The molecule has 25 heavy (non-hydrogen) atoms. The second-order valence-electron chi connectivity index (χ2n) is 6.34. The number of halogens is 1. The third-order valence-corrected chi connectivity index (χ3v) is 5.15. The van der Waals surface area contributed by atoms with Crippen molar-refractivity contribution in [3.63, 3.8) is 0 Å². The van der Waals surface area contributed by atoms with Crippen LogP contribution in [0.3, 0.4) is 0 Å². The smallest absolute Gasteiger partial charge is 0.228 e. The van der Waals surface area contributed by atoms with E-state index in [4.69, 9.17) is 14.9 Å². The van der Waals surface area contributed by atoms with E-state index in [0.717, 1.165) is 40.9 Å². The molecule has 5 nitrogen and oxygen atoms in total. The van der Waals surface area contributed by atoms with Crippen molar-refractivity contribution in [2.75, 3.05) is 13.7 Å². The summed E-state index contributed by atoms with van der Waals surface area (Å²) in [4.78, 5) is 12.7. The van der Waals surface area contributed by atoms with Crippen molar-refractivity contribution in [3.05, 3.63) is 29.5 Å². The molecule has 2 rings (SSSR count). The normalized spacial score (nSPS) is 12.6. The molecule has 0 saturated carbocycles. The number of furan rings is 1. The predicted molar refractivity (Wildman–Crippen MR) is 103 cm³/mol. The summed E-state index contributed by atoms with van der Waals surface area (Å²) in [5, 5.41) is 4.08. The molecule has 2 aromatic rings. The third kappa shape index (κ3) is 3.93. The number of methoxy groups -OCH3 is 1. The number of nitrogens with one attached hydrogen (secondary N) is 1. The molecule has 140 valence electrons. The summed E-state index contributed by atoms with van der Waals surface area (Å²) in [7, 11) is 1.64. The highest BCUT2D eigenvalue weighted by Gasteiger charge is 2.34. The van der Waals surface area contributed by atoms with E-state index in [1.165, 1.54) is 0 Å². The molecular formula is C19H29ClN2O3. The van der Waals surface area contributed by atoms with Crippen LogP contribution in [0.15, 0.2) is 22.6 Å². The highest BCUT2D eigenvalue weighted by atomic mass is 35.5. The van der Waals surface area contributed by atoms with Crippen molar-refractivity contribution in [2.45, 2.75) is 46.6 Å². The number of benzene rings is 1. The first-order chi connectivity index (χ1) is 11.4. The maximum atomic E-state index is 12.7. The van der Waals surface area contributed by atoms with Crippen molar-refractivity contribution in [1.82, 2.24) is 5.32 Å². The Bertz CT molecular complexity index is 715. The van der Waals surface area contributed by atoms with E-state index in [2.05, 4.69) is 5.32 Å². The molecule has 1 aromatic carbocycles. The number of fused-ring (bicyclic) bond motifs is 1. The van der Waals surface area contributed by atoms with Gasteiger partial charge in [0.2, 0.25) is 5.91 Å². The first-order valence-corrected chi connectivity index (χ1v) is 8.50. The van der Waals surface area contributed by atoms with E-state index in [-0.39, 0.29) is 24.4 Å². The van der Waals surface area contributed by atoms with Crippen LogP contribution in [0.2, 0.25) is 0 Å². The van der Waals surface area contributed by atoms with Crippen LogP contribution in [-0.4, -0.2) is 19.6 Å². The number of carbonyl (C=O) groups is 1. The summed E-state index contributed by atoms with van der Waals surface area (Å²) in [6.07, 6.45) is 1.43. The van der Waals surface area contributed by atoms with E-state index in [0.29, 0.717) is 6.54 Å². The van der Waals surface area contributed by atoms with Crippen LogP contribution < -0.4 is 15.8 Å². The van der Waals surface area contributed by atoms with E-state index in [9.17, 15) is 4.79 Å². The molecule has 0 spiro atoms. The number of rotatable bonds is 7. The molecule has 0 saturated heterocycles. The number of hydrogen-bond acceptors (Lipinski definition) is 4. The molecule has 3 N–H and O–H groups in total. The van der Waals surface area contributed by atoms with Gasteiger partial charge >= 0.3 is 0 Å². The zero-order chi connectivity index (χ0) is 17.9. The van der Waals surface area contributed by atoms with Crippen LogP contribution in [-0.2, 0) is 4.79 Å². The van der Waals surface area contributed by atoms with Crippen molar-refractivity contribution < 1.29 is 13.9 Å². The fraction of sp³-hybridized carbons (Fsp3) is 0.526. The van der Waals surface area contributed by atoms with E-state index in [1.54, 1.807) is 7.11 Å². The van der Waals surface area contributed by atoms with Gasteiger partial charge in [-0.05, 0) is 44.9 Å². The second kappa shape index (κ2) is 8.59. The minimum absolute atomic E-state index is 0. The molecule has 0 aliphatic heterocycles. The van der Waals surface area contributed by atoms with Gasteiger partial charge in [-0.2, -0.15) is 0 Å². The molecule has 1 unspecified atom stereocenters. The second-order valence-corrected chi connectivity index (χ2v) is 6.34. The topological polar surface area (TPSA) is 77.5 Å². The van der Waals surface area contributed by atoms with E-state index in [1.807, 2.05) is 45.9 Å². The van der Waals surface area contributed by atoms with E-state index >= 15 is 0 Å². The van der Waals surface area contributed by atoms with Crippen molar-refractivity contribution >= 4 is 29.3 Å². The molecule has 0 aliphatic rings. The zero-order valence-electron chi connectivity index (χ0n) is 15.6. The van der Waals surface area contributed by atoms with Crippen LogP contribution in [0.1, 0.15) is 51.0 Å². The first kappa shape index (κ1) is 21.3. The molecule has 0 aliphatic carbocycles. The van der Waals surface area contributed by atoms with Gasteiger partial charge in [0.05, 0.1) is 18.6 Å². The Labute approximate surface area is 155 Å². The Morgan fingerprint density at radius 2 is 2.00 bits per heavy atom. The van der Waals surface area contributed by atoms with Crippen LogP contribution in [0.4, 0.5) is 0 Å². The Morgan fingerprint density at radius 3 is 2.52 bits per heavy atom. The minimum atomic E-state index is -0.516. The highest BCUT2D eigenvalue weighted by molar-refractivity contribution is 5.86. The maximum Gasteiger partial charge on any atom is 0.228 e. The average Bonchev–Trinajstić information content (AvgIpc) is 2.93. The summed E-state index contributed by atoms with van der Waals surface area (Å²) >= 11 is 0. The monoisotopic (exact) mass is 368 g/mol. The molecule has 6 heteroatoms. The van der Waals surface area contributed by atoms with Gasteiger partial charge in [0.25, 0.3) is 0 Å². The van der Waals surface area contributed by atoms with Gasteiger partial charge < -0.3 is 20.2 Å². The Hall–Kier alpha value is -1.72. The summed E-state index contributed by atoms with van der Waals surface area (Å²) in [6, 6.07) is 5.49. The molecule has 1 atom stereocenters. The van der Waals surface area contributed by atoms with Gasteiger partial charge in [0.1, 0.15) is 17.1 Å². The number of hydrogen-bond donors (Lipinski definition) is 2. The zero-order valence-corrected chi connectivity index (χ0v) is 16.5. The first-order valence-electron chi connectivity index (χ1n) is 8.50.